The molecule has 2 aromatic rings. The van der Waals surface area contributed by atoms with Crippen molar-refractivity contribution in [3.8, 4) is 0 Å². The van der Waals surface area contributed by atoms with Crippen molar-refractivity contribution in [2.45, 2.75) is 19.3 Å². The number of anilines is 1. The first-order valence-corrected chi connectivity index (χ1v) is 6.47. The molecule has 92 valence electrons. The fraction of sp³-hybridized carbons (Fsp3) is 0.333. The van der Waals surface area contributed by atoms with E-state index >= 15 is 0 Å². The molecular weight excluding hydrogens is 224 g/mol. The maximum Gasteiger partial charge on any atom is 0.150 e. The number of fused-ring (bicyclic) bond motifs is 1. The molecule has 0 N–H and O–H groups in total. The van der Waals surface area contributed by atoms with Crippen molar-refractivity contribution in [1.29, 1.82) is 0 Å². The summed E-state index contributed by atoms with van der Waals surface area (Å²) in [6, 6.07) is 7.75. The smallest absolute Gasteiger partial charge is 0.150 e. The van der Waals surface area contributed by atoms with E-state index in [4.69, 9.17) is 0 Å². The van der Waals surface area contributed by atoms with Gasteiger partial charge in [0.1, 0.15) is 6.29 Å². The van der Waals surface area contributed by atoms with E-state index in [0.29, 0.717) is 5.56 Å². The number of rotatable bonds is 2. The second-order valence-corrected chi connectivity index (χ2v) is 4.77. The van der Waals surface area contributed by atoms with Gasteiger partial charge in [0.25, 0.3) is 0 Å². The van der Waals surface area contributed by atoms with Crippen LogP contribution in [-0.2, 0) is 0 Å². The Bertz CT molecular complexity index is 574. The fourth-order valence-corrected chi connectivity index (χ4v) is 2.63. The van der Waals surface area contributed by atoms with Gasteiger partial charge in [-0.1, -0.05) is 0 Å². The average Bonchev–Trinajstić information content (AvgIpc) is 2.47. The van der Waals surface area contributed by atoms with E-state index in [2.05, 4.69) is 16.0 Å². The molecule has 18 heavy (non-hydrogen) atoms. The van der Waals surface area contributed by atoms with Crippen LogP contribution in [0.15, 0.2) is 30.5 Å². The summed E-state index contributed by atoms with van der Waals surface area (Å²) in [7, 11) is 0. The molecule has 1 fully saturated rings. The number of benzene rings is 1. The summed E-state index contributed by atoms with van der Waals surface area (Å²) in [5.74, 6) is 0. The number of carbonyl (C=O) groups excluding carboxylic acids is 1. The van der Waals surface area contributed by atoms with Crippen LogP contribution < -0.4 is 4.90 Å². The Morgan fingerprint density at radius 3 is 2.72 bits per heavy atom. The van der Waals surface area contributed by atoms with E-state index in [9.17, 15) is 4.79 Å². The van der Waals surface area contributed by atoms with Crippen LogP contribution in [0.1, 0.15) is 29.6 Å². The second kappa shape index (κ2) is 4.77. The SMILES string of the molecule is O=Cc1ccc2nccc(N3CCCCC3)c2c1. The van der Waals surface area contributed by atoms with Gasteiger partial charge in [-0.3, -0.25) is 9.78 Å². The lowest BCUT2D eigenvalue weighted by atomic mass is 10.1. The normalized spacial score (nSPS) is 15.9. The van der Waals surface area contributed by atoms with Crippen LogP contribution in [0.5, 0.6) is 0 Å². The van der Waals surface area contributed by atoms with Crippen molar-refractivity contribution in [3.05, 3.63) is 36.0 Å². The first-order chi connectivity index (χ1) is 8.88. The van der Waals surface area contributed by atoms with Crippen molar-refractivity contribution < 1.29 is 4.79 Å². The lowest BCUT2D eigenvalue weighted by Gasteiger charge is -2.29. The third kappa shape index (κ3) is 1.96. The minimum absolute atomic E-state index is 0.716. The predicted molar refractivity (Wildman–Crippen MR) is 73.2 cm³/mol. The Balaban J connectivity index is 2.11. The minimum atomic E-state index is 0.716. The molecule has 0 amide bonds. The Morgan fingerprint density at radius 1 is 1.11 bits per heavy atom. The van der Waals surface area contributed by atoms with Crippen molar-refractivity contribution in [2.24, 2.45) is 0 Å². The summed E-state index contributed by atoms with van der Waals surface area (Å²) < 4.78 is 0. The number of nitrogens with zero attached hydrogens (tertiary/aromatic N) is 2. The number of piperidine rings is 1. The Kier molecular flexibility index (Phi) is 2.97. The third-order valence-corrected chi connectivity index (χ3v) is 3.58. The van der Waals surface area contributed by atoms with Gasteiger partial charge in [0, 0.05) is 35.9 Å². The van der Waals surface area contributed by atoms with E-state index in [-0.39, 0.29) is 0 Å². The van der Waals surface area contributed by atoms with Gasteiger partial charge in [0.2, 0.25) is 0 Å². The van der Waals surface area contributed by atoms with Gasteiger partial charge in [-0.2, -0.15) is 0 Å². The molecule has 2 heterocycles. The Morgan fingerprint density at radius 2 is 1.94 bits per heavy atom. The number of carbonyl (C=O) groups is 1. The van der Waals surface area contributed by atoms with Crippen LogP contribution in [0.4, 0.5) is 5.69 Å². The molecule has 1 saturated heterocycles. The molecule has 3 heteroatoms. The van der Waals surface area contributed by atoms with Gasteiger partial charge in [-0.25, -0.2) is 0 Å². The summed E-state index contributed by atoms with van der Waals surface area (Å²) in [6.07, 6.45) is 6.56. The zero-order valence-electron chi connectivity index (χ0n) is 10.3. The third-order valence-electron chi connectivity index (χ3n) is 3.58. The van der Waals surface area contributed by atoms with Crippen molar-refractivity contribution >= 4 is 22.9 Å². The maximum absolute atomic E-state index is 10.9. The molecule has 0 spiro atoms. The number of aromatic nitrogens is 1. The standard InChI is InChI=1S/C15H16N2O/c18-11-12-4-5-14-13(10-12)15(6-7-16-14)17-8-2-1-3-9-17/h4-7,10-11H,1-3,8-9H2. The van der Waals surface area contributed by atoms with E-state index in [1.807, 2.05) is 24.4 Å². The molecule has 0 aliphatic carbocycles. The Labute approximate surface area is 106 Å². The van der Waals surface area contributed by atoms with Gasteiger partial charge in [0.15, 0.2) is 0 Å². The van der Waals surface area contributed by atoms with Crippen molar-refractivity contribution in [1.82, 2.24) is 4.98 Å². The van der Waals surface area contributed by atoms with Crippen LogP contribution in [0, 0.1) is 0 Å². The minimum Gasteiger partial charge on any atom is -0.371 e. The summed E-state index contributed by atoms with van der Waals surface area (Å²) in [5, 5.41) is 1.09. The maximum atomic E-state index is 10.9. The highest BCUT2D eigenvalue weighted by atomic mass is 16.1. The topological polar surface area (TPSA) is 33.2 Å². The number of aldehydes is 1. The van der Waals surface area contributed by atoms with E-state index in [1.165, 1.54) is 24.9 Å². The first-order valence-electron chi connectivity index (χ1n) is 6.47. The van der Waals surface area contributed by atoms with Gasteiger partial charge in [-0.05, 0) is 43.5 Å². The van der Waals surface area contributed by atoms with E-state index < -0.39 is 0 Å². The fourth-order valence-electron chi connectivity index (χ4n) is 2.63. The molecule has 0 radical (unpaired) electrons. The molecule has 0 saturated carbocycles. The predicted octanol–water partition coefficient (Wildman–Crippen LogP) is 3.04. The lowest BCUT2D eigenvalue weighted by molar-refractivity contribution is 0.112. The zero-order valence-corrected chi connectivity index (χ0v) is 10.3. The van der Waals surface area contributed by atoms with Crippen molar-refractivity contribution in [3.63, 3.8) is 0 Å². The van der Waals surface area contributed by atoms with Gasteiger partial charge in [0.05, 0.1) is 5.52 Å². The molecule has 3 nitrogen and oxygen atoms in total. The molecule has 0 bridgehead atoms. The largest absolute Gasteiger partial charge is 0.371 e. The van der Waals surface area contributed by atoms with Crippen LogP contribution in [0.25, 0.3) is 10.9 Å². The summed E-state index contributed by atoms with van der Waals surface area (Å²) >= 11 is 0. The number of pyridine rings is 1. The van der Waals surface area contributed by atoms with E-state index in [1.54, 1.807) is 0 Å². The van der Waals surface area contributed by atoms with Gasteiger partial charge >= 0.3 is 0 Å². The number of hydrogen-bond donors (Lipinski definition) is 0. The molecule has 1 aliphatic heterocycles. The van der Waals surface area contributed by atoms with Crippen molar-refractivity contribution in [2.75, 3.05) is 18.0 Å². The summed E-state index contributed by atoms with van der Waals surface area (Å²) in [6.45, 7) is 2.20. The first kappa shape index (κ1) is 11.2. The molecule has 3 rings (SSSR count). The summed E-state index contributed by atoms with van der Waals surface area (Å²) in [5.41, 5.74) is 2.89. The molecule has 0 atom stereocenters. The Hall–Kier alpha value is -1.90. The molecule has 1 aromatic carbocycles. The number of hydrogen-bond acceptors (Lipinski definition) is 3. The lowest BCUT2D eigenvalue weighted by Crippen LogP contribution is -2.29. The van der Waals surface area contributed by atoms with Gasteiger partial charge in [-0.15, -0.1) is 0 Å². The van der Waals surface area contributed by atoms with Crippen LogP contribution in [0.2, 0.25) is 0 Å². The zero-order chi connectivity index (χ0) is 12.4. The van der Waals surface area contributed by atoms with Crippen LogP contribution >= 0.6 is 0 Å². The highest BCUT2D eigenvalue weighted by Gasteiger charge is 2.13. The molecule has 1 aromatic heterocycles. The molecular formula is C15H16N2O. The molecule has 0 unspecified atom stereocenters. The second-order valence-electron chi connectivity index (χ2n) is 4.77. The van der Waals surface area contributed by atoms with Gasteiger partial charge < -0.3 is 4.90 Å². The van der Waals surface area contributed by atoms with E-state index in [0.717, 1.165) is 30.3 Å². The highest BCUT2D eigenvalue weighted by molar-refractivity contribution is 5.95. The average molecular weight is 240 g/mol. The summed E-state index contributed by atoms with van der Waals surface area (Å²) in [4.78, 5) is 17.7. The quantitative estimate of drug-likeness (QED) is 0.756. The van der Waals surface area contributed by atoms with Crippen LogP contribution in [0.3, 0.4) is 0 Å². The monoisotopic (exact) mass is 240 g/mol. The van der Waals surface area contributed by atoms with Crippen LogP contribution in [-0.4, -0.2) is 24.4 Å². The highest BCUT2D eigenvalue weighted by Crippen LogP contribution is 2.28. The molecule has 1 aliphatic rings.